The first-order valence-electron chi connectivity index (χ1n) is 5.78. The van der Waals surface area contributed by atoms with Gasteiger partial charge in [0.1, 0.15) is 5.60 Å². The van der Waals surface area contributed by atoms with Crippen LogP contribution in [0.4, 0.5) is 0 Å². The zero-order valence-electron chi connectivity index (χ0n) is 10.9. The van der Waals surface area contributed by atoms with Crippen molar-refractivity contribution in [2.24, 2.45) is 0 Å². The highest BCUT2D eigenvalue weighted by molar-refractivity contribution is 5.70. The molecule has 1 heterocycles. The van der Waals surface area contributed by atoms with Crippen LogP contribution in [0.5, 0.6) is 0 Å². The Morgan fingerprint density at radius 3 is 2.62 bits per heavy atom. The van der Waals surface area contributed by atoms with Gasteiger partial charge in [-0.2, -0.15) is 0 Å². The third kappa shape index (κ3) is 4.94. The van der Waals surface area contributed by atoms with Crippen LogP contribution in [-0.4, -0.2) is 36.4 Å². The maximum absolute atomic E-state index is 11.6. The predicted octanol–water partition coefficient (Wildman–Crippen LogP) is 1.49. The number of hydrogen-bond acceptors (Lipinski definition) is 4. The molecule has 0 aromatic carbocycles. The van der Waals surface area contributed by atoms with Gasteiger partial charge in [0.05, 0.1) is 18.1 Å². The summed E-state index contributed by atoms with van der Waals surface area (Å²) in [6.07, 6.45) is 0.229. The van der Waals surface area contributed by atoms with Crippen molar-refractivity contribution in [3.05, 3.63) is 0 Å². The molecule has 0 spiro atoms. The van der Waals surface area contributed by atoms with Gasteiger partial charge < -0.3 is 14.8 Å². The summed E-state index contributed by atoms with van der Waals surface area (Å²) in [5.41, 5.74) is -0.625. The van der Waals surface area contributed by atoms with Crippen molar-refractivity contribution in [3.8, 4) is 0 Å². The fraction of sp³-hybridized carbons (Fsp3) is 0.917. The summed E-state index contributed by atoms with van der Waals surface area (Å²) in [5, 5.41) is 3.26. The van der Waals surface area contributed by atoms with E-state index < -0.39 is 5.60 Å². The first kappa shape index (κ1) is 13.5. The van der Waals surface area contributed by atoms with Crippen molar-refractivity contribution in [1.29, 1.82) is 0 Å². The van der Waals surface area contributed by atoms with Crippen molar-refractivity contribution in [1.82, 2.24) is 5.32 Å². The van der Waals surface area contributed by atoms with Crippen molar-refractivity contribution in [3.63, 3.8) is 0 Å². The molecule has 1 rings (SSSR count). The Bertz CT molecular complexity index is 255. The molecule has 0 aromatic rings. The Morgan fingerprint density at radius 1 is 1.50 bits per heavy atom. The lowest BCUT2D eigenvalue weighted by Crippen LogP contribution is -2.51. The van der Waals surface area contributed by atoms with Gasteiger partial charge in [-0.25, -0.2) is 0 Å². The minimum atomic E-state index is -0.422. The smallest absolute Gasteiger partial charge is 0.308 e. The minimum absolute atomic E-state index is 0.0846. The molecule has 0 bridgehead atoms. The summed E-state index contributed by atoms with van der Waals surface area (Å²) in [6.45, 7) is 11.2. The molecule has 4 heteroatoms. The Morgan fingerprint density at radius 2 is 2.12 bits per heavy atom. The Balaban J connectivity index is 2.40. The van der Waals surface area contributed by atoms with Crippen molar-refractivity contribution in [2.45, 2.75) is 58.3 Å². The Kier molecular flexibility index (Phi) is 3.97. The lowest BCUT2D eigenvalue weighted by atomic mass is 10.1. The van der Waals surface area contributed by atoms with E-state index in [0.29, 0.717) is 13.0 Å². The molecule has 0 aliphatic carbocycles. The van der Waals surface area contributed by atoms with Crippen LogP contribution in [0.2, 0.25) is 0 Å². The number of ether oxygens (including phenoxy) is 2. The average molecular weight is 229 g/mol. The molecule has 1 saturated heterocycles. The average Bonchev–Trinajstić information content (AvgIpc) is 1.96. The Labute approximate surface area is 97.7 Å². The zero-order valence-corrected chi connectivity index (χ0v) is 10.9. The van der Waals surface area contributed by atoms with Crippen LogP contribution >= 0.6 is 0 Å². The van der Waals surface area contributed by atoms with E-state index in [1.807, 2.05) is 34.6 Å². The van der Waals surface area contributed by atoms with Gasteiger partial charge >= 0.3 is 5.97 Å². The monoisotopic (exact) mass is 229 g/mol. The summed E-state index contributed by atoms with van der Waals surface area (Å²) in [7, 11) is 0. The van der Waals surface area contributed by atoms with Gasteiger partial charge in [0.2, 0.25) is 0 Å². The largest absolute Gasteiger partial charge is 0.460 e. The molecule has 0 saturated carbocycles. The van der Waals surface area contributed by atoms with Crippen LogP contribution in [0.25, 0.3) is 0 Å². The van der Waals surface area contributed by atoms with Crippen molar-refractivity contribution in [2.75, 3.05) is 13.1 Å². The standard InChI is InChI=1S/C12H23NO3/c1-11(2,3)16-10(14)6-9-7-13-8-12(4,5)15-9/h9,13H,6-8H2,1-5H3. The molecule has 1 unspecified atom stereocenters. The topological polar surface area (TPSA) is 47.6 Å². The second kappa shape index (κ2) is 4.72. The van der Waals surface area contributed by atoms with E-state index >= 15 is 0 Å². The fourth-order valence-corrected chi connectivity index (χ4v) is 1.75. The predicted molar refractivity (Wildman–Crippen MR) is 62.3 cm³/mol. The van der Waals surface area contributed by atoms with E-state index in [1.54, 1.807) is 0 Å². The molecule has 94 valence electrons. The van der Waals surface area contributed by atoms with Gasteiger partial charge in [-0.3, -0.25) is 4.79 Å². The van der Waals surface area contributed by atoms with Crippen LogP contribution in [0.3, 0.4) is 0 Å². The van der Waals surface area contributed by atoms with Crippen LogP contribution < -0.4 is 5.32 Å². The third-order valence-electron chi connectivity index (χ3n) is 2.22. The quantitative estimate of drug-likeness (QED) is 0.729. The van der Waals surface area contributed by atoms with Gasteiger partial charge in [-0.15, -0.1) is 0 Å². The molecule has 0 aromatic heterocycles. The van der Waals surface area contributed by atoms with Gasteiger partial charge in [0.25, 0.3) is 0 Å². The molecule has 0 amide bonds. The van der Waals surface area contributed by atoms with E-state index in [0.717, 1.165) is 6.54 Å². The number of carbonyl (C=O) groups excluding carboxylic acids is 1. The SMILES string of the molecule is CC(C)(C)OC(=O)CC1CNCC(C)(C)O1. The number of hydrogen-bond donors (Lipinski definition) is 1. The summed E-state index contributed by atoms with van der Waals surface area (Å²) in [5.74, 6) is -0.197. The number of esters is 1. The molecular formula is C12H23NO3. The van der Waals surface area contributed by atoms with Gasteiger partial charge in [-0.05, 0) is 34.6 Å². The van der Waals surface area contributed by atoms with Crippen LogP contribution in [-0.2, 0) is 14.3 Å². The van der Waals surface area contributed by atoms with E-state index in [2.05, 4.69) is 5.32 Å². The molecule has 1 aliphatic heterocycles. The second-order valence-electron chi connectivity index (χ2n) is 5.92. The number of nitrogens with one attached hydrogen (secondary N) is 1. The molecule has 1 N–H and O–H groups in total. The van der Waals surface area contributed by atoms with Gasteiger partial charge in [0.15, 0.2) is 0 Å². The lowest BCUT2D eigenvalue weighted by molar-refractivity contribution is -0.163. The summed E-state index contributed by atoms with van der Waals surface area (Å²) in [4.78, 5) is 11.6. The maximum Gasteiger partial charge on any atom is 0.308 e. The fourth-order valence-electron chi connectivity index (χ4n) is 1.75. The number of carbonyl (C=O) groups is 1. The maximum atomic E-state index is 11.6. The van der Waals surface area contributed by atoms with Crippen LogP contribution in [0.1, 0.15) is 41.0 Å². The summed E-state index contributed by atoms with van der Waals surface area (Å²) < 4.78 is 11.1. The van der Waals surface area contributed by atoms with Gasteiger partial charge in [-0.1, -0.05) is 0 Å². The third-order valence-corrected chi connectivity index (χ3v) is 2.22. The zero-order chi connectivity index (χ0) is 12.4. The van der Waals surface area contributed by atoms with E-state index in [-0.39, 0.29) is 17.7 Å². The highest BCUT2D eigenvalue weighted by atomic mass is 16.6. The first-order chi connectivity index (χ1) is 7.18. The molecule has 16 heavy (non-hydrogen) atoms. The first-order valence-corrected chi connectivity index (χ1v) is 5.78. The highest BCUT2D eigenvalue weighted by Gasteiger charge is 2.30. The number of rotatable bonds is 2. The highest BCUT2D eigenvalue weighted by Crippen LogP contribution is 2.18. The lowest BCUT2D eigenvalue weighted by Gasteiger charge is -2.36. The Hall–Kier alpha value is -0.610. The van der Waals surface area contributed by atoms with E-state index in [1.165, 1.54) is 0 Å². The minimum Gasteiger partial charge on any atom is -0.460 e. The van der Waals surface area contributed by atoms with Crippen LogP contribution in [0, 0.1) is 0 Å². The number of morpholine rings is 1. The van der Waals surface area contributed by atoms with E-state index in [9.17, 15) is 4.79 Å². The van der Waals surface area contributed by atoms with Crippen molar-refractivity contribution >= 4 is 5.97 Å². The molecule has 0 radical (unpaired) electrons. The molecule has 4 nitrogen and oxygen atoms in total. The summed E-state index contributed by atoms with van der Waals surface area (Å²) >= 11 is 0. The van der Waals surface area contributed by atoms with Crippen molar-refractivity contribution < 1.29 is 14.3 Å². The second-order valence-corrected chi connectivity index (χ2v) is 5.92. The van der Waals surface area contributed by atoms with Crippen LogP contribution in [0.15, 0.2) is 0 Å². The molecular weight excluding hydrogens is 206 g/mol. The van der Waals surface area contributed by atoms with E-state index in [4.69, 9.17) is 9.47 Å². The molecule has 1 fully saturated rings. The molecule has 1 aliphatic rings. The molecule has 1 atom stereocenters. The van der Waals surface area contributed by atoms with Gasteiger partial charge in [0, 0.05) is 13.1 Å². The normalized spacial score (nSPS) is 25.2. The summed E-state index contributed by atoms with van der Waals surface area (Å²) in [6, 6.07) is 0.